The number of aryl methyl sites for hydroxylation is 3. The summed E-state index contributed by atoms with van der Waals surface area (Å²) in [4.78, 5) is 13.5. The van der Waals surface area contributed by atoms with Gasteiger partial charge in [-0.25, -0.2) is 15.0 Å². The lowest BCUT2D eigenvalue weighted by Gasteiger charge is -2.09. The number of nitrogens with zero attached hydrogens (tertiary/aromatic N) is 4. The minimum Gasteiger partial charge on any atom is -0.454 e. The normalized spacial score (nSPS) is 12.6. The summed E-state index contributed by atoms with van der Waals surface area (Å²) in [7, 11) is 0. The van der Waals surface area contributed by atoms with Crippen LogP contribution >= 0.6 is 0 Å². The molecule has 1 aliphatic rings. The molecule has 0 atom stereocenters. The Labute approximate surface area is 167 Å². The Bertz CT molecular complexity index is 1210. The zero-order valence-electron chi connectivity index (χ0n) is 15.9. The summed E-state index contributed by atoms with van der Waals surface area (Å²) in [6.45, 7) is 3.02. The number of anilines is 2. The van der Waals surface area contributed by atoms with E-state index >= 15 is 0 Å². The third-order valence-corrected chi connectivity index (χ3v) is 5.00. The van der Waals surface area contributed by atoms with Crippen molar-refractivity contribution < 1.29 is 9.47 Å². The topological polar surface area (TPSA) is 114 Å². The molecule has 4 N–H and O–H groups in total. The maximum Gasteiger partial charge on any atom is 0.231 e. The van der Waals surface area contributed by atoms with Crippen molar-refractivity contribution in [3.63, 3.8) is 0 Å². The maximum atomic E-state index is 5.84. The van der Waals surface area contributed by atoms with Crippen LogP contribution in [0.4, 0.5) is 11.6 Å². The third kappa shape index (κ3) is 3.18. The Balaban J connectivity index is 1.47. The second kappa shape index (κ2) is 6.66. The molecular weight excluding hydrogens is 368 g/mol. The summed E-state index contributed by atoms with van der Waals surface area (Å²) in [6.07, 6.45) is 0.823. The highest BCUT2D eigenvalue weighted by atomic mass is 16.7. The fraction of sp³-hybridized carbons (Fsp3) is 0.190. The lowest BCUT2D eigenvalue weighted by Crippen LogP contribution is -2.05. The average Bonchev–Trinajstić information content (AvgIpc) is 3.28. The van der Waals surface area contributed by atoms with Gasteiger partial charge >= 0.3 is 0 Å². The first kappa shape index (κ1) is 17.3. The molecule has 4 aromatic rings. The molecule has 0 radical (unpaired) electrons. The molecule has 1 aromatic carbocycles. The molecule has 5 rings (SSSR count). The molecule has 0 bridgehead atoms. The van der Waals surface area contributed by atoms with Gasteiger partial charge in [-0.1, -0.05) is 6.07 Å². The zero-order chi connectivity index (χ0) is 20.0. The van der Waals surface area contributed by atoms with Crippen molar-refractivity contribution in [2.24, 2.45) is 0 Å². The van der Waals surface area contributed by atoms with Gasteiger partial charge in [0.1, 0.15) is 23.0 Å². The SMILES string of the molecule is Cc1nc2ccc(-c3cc(N)nc(N)c3)nc2n1CCc1ccc2c(c1)OCO2. The molecule has 146 valence electrons. The molecule has 0 aliphatic carbocycles. The number of fused-ring (bicyclic) bond motifs is 2. The van der Waals surface area contributed by atoms with Crippen LogP contribution in [0.2, 0.25) is 0 Å². The highest BCUT2D eigenvalue weighted by Gasteiger charge is 2.15. The van der Waals surface area contributed by atoms with Gasteiger partial charge in [0.2, 0.25) is 6.79 Å². The van der Waals surface area contributed by atoms with E-state index in [2.05, 4.69) is 20.6 Å². The van der Waals surface area contributed by atoms with Crippen LogP contribution in [0.5, 0.6) is 11.5 Å². The van der Waals surface area contributed by atoms with Gasteiger partial charge in [-0.2, -0.15) is 0 Å². The van der Waals surface area contributed by atoms with E-state index in [0.717, 1.165) is 52.7 Å². The van der Waals surface area contributed by atoms with Crippen LogP contribution in [0.25, 0.3) is 22.4 Å². The van der Waals surface area contributed by atoms with Crippen molar-refractivity contribution in [3.8, 4) is 22.8 Å². The van der Waals surface area contributed by atoms with E-state index in [1.54, 1.807) is 12.1 Å². The molecule has 4 heterocycles. The Morgan fingerprint density at radius 1 is 0.931 bits per heavy atom. The van der Waals surface area contributed by atoms with E-state index < -0.39 is 0 Å². The van der Waals surface area contributed by atoms with Crippen LogP contribution in [-0.2, 0) is 13.0 Å². The van der Waals surface area contributed by atoms with Crippen molar-refractivity contribution >= 4 is 22.8 Å². The fourth-order valence-corrected chi connectivity index (χ4v) is 3.60. The summed E-state index contributed by atoms with van der Waals surface area (Å²) in [5, 5.41) is 0. The number of ether oxygens (including phenoxy) is 2. The number of hydrogen-bond donors (Lipinski definition) is 2. The first-order chi connectivity index (χ1) is 14.1. The molecule has 29 heavy (non-hydrogen) atoms. The molecule has 8 heteroatoms. The molecule has 0 amide bonds. The van der Waals surface area contributed by atoms with Gasteiger partial charge in [-0.05, 0) is 55.3 Å². The van der Waals surface area contributed by atoms with E-state index in [1.165, 1.54) is 5.56 Å². The number of nitrogens with two attached hydrogens (primary N) is 2. The maximum absolute atomic E-state index is 5.84. The predicted molar refractivity (Wildman–Crippen MR) is 111 cm³/mol. The largest absolute Gasteiger partial charge is 0.454 e. The van der Waals surface area contributed by atoms with Crippen LogP contribution in [0.1, 0.15) is 11.4 Å². The minimum absolute atomic E-state index is 0.279. The summed E-state index contributed by atoms with van der Waals surface area (Å²) in [5.74, 6) is 3.24. The summed E-state index contributed by atoms with van der Waals surface area (Å²) >= 11 is 0. The first-order valence-corrected chi connectivity index (χ1v) is 9.33. The van der Waals surface area contributed by atoms with Gasteiger partial charge in [-0.15, -0.1) is 0 Å². The second-order valence-electron chi connectivity index (χ2n) is 6.99. The highest BCUT2D eigenvalue weighted by molar-refractivity contribution is 5.77. The Hall–Kier alpha value is -3.81. The van der Waals surface area contributed by atoms with Crippen LogP contribution in [-0.4, -0.2) is 26.3 Å². The van der Waals surface area contributed by atoms with Crippen molar-refractivity contribution in [3.05, 3.63) is 53.9 Å². The van der Waals surface area contributed by atoms with Gasteiger partial charge in [0.05, 0.1) is 5.69 Å². The molecule has 0 spiro atoms. The smallest absolute Gasteiger partial charge is 0.231 e. The fourth-order valence-electron chi connectivity index (χ4n) is 3.60. The van der Waals surface area contributed by atoms with Gasteiger partial charge in [0, 0.05) is 12.1 Å². The van der Waals surface area contributed by atoms with Crippen molar-refractivity contribution in [1.82, 2.24) is 19.5 Å². The number of pyridine rings is 2. The lowest BCUT2D eigenvalue weighted by atomic mass is 10.1. The van der Waals surface area contributed by atoms with Crippen LogP contribution in [0.3, 0.4) is 0 Å². The van der Waals surface area contributed by atoms with Crippen molar-refractivity contribution in [1.29, 1.82) is 0 Å². The number of aromatic nitrogens is 4. The third-order valence-electron chi connectivity index (χ3n) is 5.00. The quantitative estimate of drug-likeness (QED) is 0.552. The molecule has 3 aromatic heterocycles. The number of imidazole rings is 1. The highest BCUT2D eigenvalue weighted by Crippen LogP contribution is 2.33. The predicted octanol–water partition coefficient (Wildman–Crippen LogP) is 2.94. The monoisotopic (exact) mass is 388 g/mol. The Kier molecular flexibility index (Phi) is 3.97. The molecule has 8 nitrogen and oxygen atoms in total. The number of nitrogen functional groups attached to an aromatic ring is 2. The van der Waals surface area contributed by atoms with Crippen LogP contribution in [0, 0.1) is 6.92 Å². The van der Waals surface area contributed by atoms with Gasteiger partial charge in [-0.3, -0.25) is 0 Å². The summed E-state index contributed by atoms with van der Waals surface area (Å²) in [5.41, 5.74) is 16.1. The minimum atomic E-state index is 0.279. The molecule has 0 fully saturated rings. The van der Waals surface area contributed by atoms with Gasteiger partial charge in [0.15, 0.2) is 17.1 Å². The summed E-state index contributed by atoms with van der Waals surface area (Å²) < 4.78 is 13.0. The van der Waals surface area contributed by atoms with Gasteiger partial charge in [0.25, 0.3) is 0 Å². The van der Waals surface area contributed by atoms with E-state index in [4.69, 9.17) is 25.9 Å². The summed E-state index contributed by atoms with van der Waals surface area (Å²) in [6, 6.07) is 13.5. The molecule has 0 unspecified atom stereocenters. The van der Waals surface area contributed by atoms with E-state index in [-0.39, 0.29) is 6.79 Å². The van der Waals surface area contributed by atoms with Crippen molar-refractivity contribution in [2.45, 2.75) is 19.9 Å². The van der Waals surface area contributed by atoms with E-state index in [0.29, 0.717) is 11.6 Å². The Morgan fingerprint density at radius 3 is 2.55 bits per heavy atom. The van der Waals surface area contributed by atoms with E-state index in [1.807, 2.05) is 31.2 Å². The standard InChI is InChI=1S/C21H20N6O2/c1-12-24-16-4-3-15(14-9-19(22)26-20(23)10-14)25-21(16)27(12)7-6-13-2-5-17-18(8-13)29-11-28-17/h2-5,8-10H,6-7,11H2,1H3,(H4,22,23,26). The Morgan fingerprint density at radius 2 is 1.72 bits per heavy atom. The molecular formula is C21H20N6O2. The second-order valence-corrected chi connectivity index (χ2v) is 6.99. The first-order valence-electron chi connectivity index (χ1n) is 9.33. The van der Waals surface area contributed by atoms with Crippen LogP contribution < -0.4 is 20.9 Å². The lowest BCUT2D eigenvalue weighted by molar-refractivity contribution is 0.174. The van der Waals surface area contributed by atoms with E-state index in [9.17, 15) is 0 Å². The molecule has 0 saturated heterocycles. The number of hydrogen-bond acceptors (Lipinski definition) is 7. The van der Waals surface area contributed by atoms with Crippen LogP contribution in [0.15, 0.2) is 42.5 Å². The molecule has 0 saturated carbocycles. The number of benzene rings is 1. The van der Waals surface area contributed by atoms with Crippen molar-refractivity contribution in [2.75, 3.05) is 18.3 Å². The van der Waals surface area contributed by atoms with Gasteiger partial charge < -0.3 is 25.5 Å². The zero-order valence-corrected chi connectivity index (χ0v) is 15.9. The number of rotatable bonds is 4. The average molecular weight is 388 g/mol. The molecule has 1 aliphatic heterocycles.